The van der Waals surface area contributed by atoms with Crippen LogP contribution in [0.2, 0.25) is 0 Å². The summed E-state index contributed by atoms with van der Waals surface area (Å²) in [6, 6.07) is 3.52. The summed E-state index contributed by atoms with van der Waals surface area (Å²) in [5, 5.41) is 8.81. The smallest absolute Gasteiger partial charge is 0.305 e. The van der Waals surface area contributed by atoms with Crippen molar-refractivity contribution in [2.24, 2.45) is 0 Å². The zero-order valence-electron chi connectivity index (χ0n) is 10.8. The largest absolute Gasteiger partial charge is 0.481 e. The van der Waals surface area contributed by atoms with E-state index in [-0.39, 0.29) is 24.9 Å². The summed E-state index contributed by atoms with van der Waals surface area (Å²) >= 11 is 0. The average molecular weight is 262 g/mol. The Kier molecular flexibility index (Phi) is 4.49. The topological polar surface area (TPSA) is 70.5 Å². The van der Waals surface area contributed by atoms with Gasteiger partial charge in [-0.15, -0.1) is 0 Å². The second-order valence-corrected chi connectivity index (χ2v) is 4.82. The minimum absolute atomic E-state index is 0.00662. The molecule has 1 heterocycles. The van der Waals surface area contributed by atoms with Gasteiger partial charge in [-0.25, -0.2) is 0 Å². The quantitative estimate of drug-likeness (QED) is 0.880. The predicted molar refractivity (Wildman–Crippen MR) is 69.8 cm³/mol. The highest BCUT2D eigenvalue weighted by Gasteiger charge is 2.27. The van der Waals surface area contributed by atoms with Crippen LogP contribution in [0.5, 0.6) is 0 Å². The van der Waals surface area contributed by atoms with E-state index in [1.165, 1.54) is 0 Å². The maximum Gasteiger partial charge on any atom is 0.305 e. The molecule has 0 aromatic carbocycles. The van der Waals surface area contributed by atoms with Crippen LogP contribution in [-0.2, 0) is 4.79 Å². The van der Waals surface area contributed by atoms with Crippen LogP contribution in [0.4, 0.5) is 0 Å². The van der Waals surface area contributed by atoms with E-state index in [4.69, 9.17) is 5.11 Å². The lowest BCUT2D eigenvalue weighted by atomic mass is 10.1. The Balaban J connectivity index is 2.11. The summed E-state index contributed by atoms with van der Waals surface area (Å²) in [5.74, 6) is -0.957. The Morgan fingerprint density at radius 3 is 2.47 bits per heavy atom. The zero-order chi connectivity index (χ0) is 13.7. The van der Waals surface area contributed by atoms with E-state index >= 15 is 0 Å². The van der Waals surface area contributed by atoms with Crippen molar-refractivity contribution >= 4 is 11.9 Å². The summed E-state index contributed by atoms with van der Waals surface area (Å²) in [6.45, 7) is 0.279. The van der Waals surface area contributed by atoms with Crippen LogP contribution >= 0.6 is 0 Å². The van der Waals surface area contributed by atoms with Crippen molar-refractivity contribution in [2.45, 2.75) is 38.1 Å². The summed E-state index contributed by atoms with van der Waals surface area (Å²) in [6.07, 6.45) is 7.31. The molecule has 1 fully saturated rings. The Morgan fingerprint density at radius 1 is 1.26 bits per heavy atom. The van der Waals surface area contributed by atoms with Gasteiger partial charge in [-0.3, -0.25) is 14.6 Å². The van der Waals surface area contributed by atoms with Gasteiger partial charge in [0.05, 0.1) is 6.42 Å². The van der Waals surface area contributed by atoms with Crippen molar-refractivity contribution in [3.05, 3.63) is 30.1 Å². The molecule has 1 saturated carbocycles. The van der Waals surface area contributed by atoms with Crippen LogP contribution in [0, 0.1) is 0 Å². The first kappa shape index (κ1) is 13.5. The number of carbonyl (C=O) groups is 2. The second kappa shape index (κ2) is 6.31. The Bertz CT molecular complexity index is 441. The first-order valence-corrected chi connectivity index (χ1v) is 6.61. The minimum atomic E-state index is -0.870. The molecule has 1 N–H and O–H groups in total. The number of pyridine rings is 1. The number of carboxylic acid groups (broad SMARTS) is 1. The molecular weight excluding hydrogens is 244 g/mol. The van der Waals surface area contributed by atoms with Crippen LogP contribution in [0.25, 0.3) is 0 Å². The first-order valence-electron chi connectivity index (χ1n) is 6.61. The van der Waals surface area contributed by atoms with Gasteiger partial charge in [-0.2, -0.15) is 0 Å². The third-order valence-electron chi connectivity index (χ3n) is 3.52. The van der Waals surface area contributed by atoms with Gasteiger partial charge in [0.2, 0.25) is 0 Å². The van der Waals surface area contributed by atoms with Crippen molar-refractivity contribution in [1.29, 1.82) is 0 Å². The molecule has 0 unspecified atom stereocenters. The molecule has 2 rings (SSSR count). The molecule has 0 spiro atoms. The molecular formula is C14H18N2O3. The van der Waals surface area contributed by atoms with Gasteiger partial charge in [0.15, 0.2) is 0 Å². The molecule has 0 aliphatic heterocycles. The second-order valence-electron chi connectivity index (χ2n) is 4.82. The van der Waals surface area contributed by atoms with Gasteiger partial charge < -0.3 is 10.0 Å². The lowest BCUT2D eigenvalue weighted by Crippen LogP contribution is -2.40. The van der Waals surface area contributed by atoms with Gasteiger partial charge in [0.1, 0.15) is 0 Å². The van der Waals surface area contributed by atoms with Crippen LogP contribution in [0.3, 0.4) is 0 Å². The average Bonchev–Trinajstić information content (AvgIpc) is 2.93. The SMILES string of the molecule is O=C(O)CCN(C(=O)c1ccncc1)C1CCCC1. The molecule has 1 aliphatic carbocycles. The van der Waals surface area contributed by atoms with Crippen molar-refractivity contribution in [3.63, 3.8) is 0 Å². The maximum atomic E-state index is 12.4. The van der Waals surface area contributed by atoms with Gasteiger partial charge in [0, 0.05) is 30.5 Å². The number of nitrogens with zero attached hydrogens (tertiary/aromatic N) is 2. The van der Waals surface area contributed by atoms with Crippen LogP contribution < -0.4 is 0 Å². The monoisotopic (exact) mass is 262 g/mol. The third kappa shape index (κ3) is 3.53. The van der Waals surface area contributed by atoms with E-state index < -0.39 is 5.97 Å². The molecule has 1 aliphatic rings. The van der Waals surface area contributed by atoms with Gasteiger partial charge in [-0.1, -0.05) is 12.8 Å². The standard InChI is InChI=1S/C14H18N2O3/c17-13(18)7-10-16(12-3-1-2-4-12)14(19)11-5-8-15-9-6-11/h5-6,8-9,12H,1-4,7,10H2,(H,17,18). The van der Waals surface area contributed by atoms with Crippen LogP contribution in [0.15, 0.2) is 24.5 Å². The Labute approximate surface area is 112 Å². The molecule has 1 amide bonds. The number of rotatable bonds is 5. The van der Waals surface area contributed by atoms with E-state index in [0.29, 0.717) is 5.56 Å². The fourth-order valence-electron chi connectivity index (χ4n) is 2.54. The van der Waals surface area contributed by atoms with E-state index in [1.807, 2.05) is 0 Å². The van der Waals surface area contributed by atoms with E-state index in [1.54, 1.807) is 29.4 Å². The van der Waals surface area contributed by atoms with Crippen molar-refractivity contribution in [2.75, 3.05) is 6.54 Å². The maximum absolute atomic E-state index is 12.4. The Morgan fingerprint density at radius 2 is 1.89 bits per heavy atom. The number of amides is 1. The fraction of sp³-hybridized carbons (Fsp3) is 0.500. The van der Waals surface area contributed by atoms with Gasteiger partial charge in [-0.05, 0) is 25.0 Å². The molecule has 0 bridgehead atoms. The highest BCUT2D eigenvalue weighted by atomic mass is 16.4. The molecule has 0 saturated heterocycles. The number of aromatic nitrogens is 1. The molecule has 102 valence electrons. The normalized spacial score (nSPS) is 15.4. The molecule has 1 aromatic heterocycles. The molecule has 19 heavy (non-hydrogen) atoms. The number of aliphatic carboxylic acids is 1. The van der Waals surface area contributed by atoms with Crippen molar-refractivity contribution < 1.29 is 14.7 Å². The zero-order valence-corrected chi connectivity index (χ0v) is 10.8. The number of hydrogen-bond acceptors (Lipinski definition) is 3. The first-order chi connectivity index (χ1) is 9.18. The van der Waals surface area contributed by atoms with E-state index in [9.17, 15) is 9.59 Å². The summed E-state index contributed by atoms with van der Waals surface area (Å²) < 4.78 is 0. The van der Waals surface area contributed by atoms with Crippen molar-refractivity contribution in [3.8, 4) is 0 Å². The molecule has 0 atom stereocenters. The molecule has 5 nitrogen and oxygen atoms in total. The highest BCUT2D eigenvalue weighted by Crippen LogP contribution is 2.25. The van der Waals surface area contributed by atoms with E-state index in [2.05, 4.69) is 4.98 Å². The van der Waals surface area contributed by atoms with E-state index in [0.717, 1.165) is 25.7 Å². The molecule has 5 heteroatoms. The third-order valence-corrected chi connectivity index (χ3v) is 3.52. The minimum Gasteiger partial charge on any atom is -0.481 e. The summed E-state index contributed by atoms with van der Waals surface area (Å²) in [7, 11) is 0. The lowest BCUT2D eigenvalue weighted by Gasteiger charge is -2.28. The number of carbonyl (C=O) groups excluding carboxylic acids is 1. The Hall–Kier alpha value is -1.91. The number of hydrogen-bond donors (Lipinski definition) is 1. The summed E-state index contributed by atoms with van der Waals surface area (Å²) in [4.78, 5) is 28.8. The highest BCUT2D eigenvalue weighted by molar-refractivity contribution is 5.94. The fourth-order valence-corrected chi connectivity index (χ4v) is 2.54. The van der Waals surface area contributed by atoms with Crippen molar-refractivity contribution in [1.82, 2.24) is 9.88 Å². The van der Waals surface area contributed by atoms with Crippen LogP contribution in [-0.4, -0.2) is 39.5 Å². The van der Waals surface area contributed by atoms with Gasteiger partial charge >= 0.3 is 5.97 Å². The molecule has 1 aromatic rings. The predicted octanol–water partition coefficient (Wildman–Crippen LogP) is 1.94. The van der Waals surface area contributed by atoms with Gasteiger partial charge in [0.25, 0.3) is 5.91 Å². The van der Waals surface area contributed by atoms with Crippen LogP contribution in [0.1, 0.15) is 42.5 Å². The lowest BCUT2D eigenvalue weighted by molar-refractivity contribution is -0.137. The molecule has 0 radical (unpaired) electrons. The summed E-state index contributed by atoms with van der Waals surface area (Å²) in [5.41, 5.74) is 0.576. The number of carboxylic acids is 1.